The summed E-state index contributed by atoms with van der Waals surface area (Å²) in [6, 6.07) is 11.4. The number of nitrogens with one attached hydrogen (secondary N) is 1. The molecule has 6 nitrogen and oxygen atoms in total. The van der Waals surface area contributed by atoms with E-state index in [1.165, 1.54) is 12.1 Å². The van der Waals surface area contributed by atoms with E-state index in [9.17, 15) is 9.18 Å². The van der Waals surface area contributed by atoms with Crippen LogP contribution in [0.1, 0.15) is 11.3 Å². The van der Waals surface area contributed by atoms with Gasteiger partial charge in [-0.1, -0.05) is 18.2 Å². The van der Waals surface area contributed by atoms with Crippen LogP contribution in [0.4, 0.5) is 10.1 Å². The summed E-state index contributed by atoms with van der Waals surface area (Å²) in [6.07, 6.45) is 0. The molecule has 3 aromatic rings. The third-order valence-corrected chi connectivity index (χ3v) is 3.57. The van der Waals surface area contributed by atoms with Gasteiger partial charge in [-0.15, -0.1) is 10.2 Å². The Labute approximate surface area is 130 Å². The molecule has 1 N–H and O–H groups in total. The van der Waals surface area contributed by atoms with E-state index < -0.39 is 0 Å². The van der Waals surface area contributed by atoms with E-state index >= 15 is 0 Å². The summed E-state index contributed by atoms with van der Waals surface area (Å²) in [5.74, 6) is -0.726. The molecule has 0 spiro atoms. The topological polar surface area (TPSA) is 80.1 Å². The van der Waals surface area contributed by atoms with Crippen LogP contribution in [0.5, 0.6) is 0 Å². The number of carbonyl (C=O) groups excluding carboxylic acids is 1. The number of carbonyl (C=O) groups is 1. The minimum absolute atomic E-state index is 0.197. The highest BCUT2D eigenvalue weighted by Gasteiger charge is 2.26. The van der Waals surface area contributed by atoms with Crippen LogP contribution >= 0.6 is 0 Å². The van der Waals surface area contributed by atoms with Gasteiger partial charge in [0.1, 0.15) is 11.5 Å². The van der Waals surface area contributed by atoms with Crippen molar-refractivity contribution in [2.75, 3.05) is 0 Å². The Kier molecular flexibility index (Phi) is 3.04. The number of hydrogen-bond acceptors (Lipinski definition) is 5. The molecule has 1 aliphatic heterocycles. The molecule has 0 saturated carbocycles. The van der Waals surface area contributed by atoms with E-state index in [2.05, 4.69) is 25.7 Å². The average molecular weight is 307 g/mol. The first-order chi connectivity index (χ1) is 11.2. The first-order valence-corrected chi connectivity index (χ1v) is 6.96. The summed E-state index contributed by atoms with van der Waals surface area (Å²) in [4.78, 5) is 16.7. The molecule has 0 bridgehead atoms. The van der Waals surface area contributed by atoms with Gasteiger partial charge in [-0.05, 0) is 35.0 Å². The molecule has 1 aliphatic rings. The van der Waals surface area contributed by atoms with Crippen molar-refractivity contribution in [1.82, 2.24) is 20.7 Å². The molecule has 2 aromatic carbocycles. The Morgan fingerprint density at radius 2 is 2.00 bits per heavy atom. The molecule has 1 amide bonds. The number of amides is 1. The van der Waals surface area contributed by atoms with Gasteiger partial charge in [0, 0.05) is 6.54 Å². The van der Waals surface area contributed by atoms with Crippen LogP contribution in [-0.4, -0.2) is 27.0 Å². The number of rotatable bonds is 3. The maximum atomic E-state index is 13.2. The maximum Gasteiger partial charge on any atom is 0.272 e. The fourth-order valence-corrected chi connectivity index (χ4v) is 2.52. The monoisotopic (exact) mass is 307 g/mol. The first-order valence-electron chi connectivity index (χ1n) is 6.96. The minimum atomic E-state index is -0.382. The van der Waals surface area contributed by atoms with E-state index in [-0.39, 0.29) is 24.0 Å². The Balaban J connectivity index is 1.60. The van der Waals surface area contributed by atoms with Crippen LogP contribution in [0.25, 0.3) is 10.9 Å². The zero-order valence-corrected chi connectivity index (χ0v) is 11.8. The van der Waals surface area contributed by atoms with Crippen LogP contribution < -0.4 is 5.32 Å². The second kappa shape index (κ2) is 5.20. The smallest absolute Gasteiger partial charge is 0.272 e. The van der Waals surface area contributed by atoms with Gasteiger partial charge in [-0.2, -0.15) is 0 Å². The second-order valence-electron chi connectivity index (χ2n) is 5.08. The van der Waals surface area contributed by atoms with Crippen LogP contribution in [0, 0.1) is 5.82 Å². The highest BCUT2D eigenvalue weighted by atomic mass is 19.1. The second-order valence-corrected chi connectivity index (χ2v) is 5.08. The van der Waals surface area contributed by atoms with E-state index in [0.29, 0.717) is 22.5 Å². The summed E-state index contributed by atoms with van der Waals surface area (Å²) < 4.78 is 13.2. The molecule has 23 heavy (non-hydrogen) atoms. The molecule has 1 aromatic heterocycles. The zero-order valence-electron chi connectivity index (χ0n) is 11.8. The highest BCUT2D eigenvalue weighted by molar-refractivity contribution is 6.49. The standard InChI is InChI=1S/C16H10FN5O/c17-10-4-1-3-9(7-10)8-18-16(23)15-14-13-11(19-15)5-2-6-12(13)20-22-21-14/h1-7H,8H2,(H,18,23). The van der Waals surface area contributed by atoms with Crippen LogP contribution in [0.3, 0.4) is 0 Å². The number of halogens is 1. The number of aliphatic imine (C=N–C) groups is 1. The van der Waals surface area contributed by atoms with Crippen LogP contribution in [-0.2, 0) is 11.3 Å². The van der Waals surface area contributed by atoms with Crippen molar-refractivity contribution in [1.29, 1.82) is 0 Å². The maximum absolute atomic E-state index is 13.2. The van der Waals surface area contributed by atoms with Gasteiger partial charge in [0.2, 0.25) is 0 Å². The van der Waals surface area contributed by atoms with Crippen molar-refractivity contribution in [3.05, 3.63) is 59.5 Å². The molecule has 0 atom stereocenters. The molecule has 0 fully saturated rings. The molecule has 7 heteroatoms. The van der Waals surface area contributed by atoms with Gasteiger partial charge in [-0.25, -0.2) is 9.38 Å². The van der Waals surface area contributed by atoms with Gasteiger partial charge in [0.25, 0.3) is 5.91 Å². The van der Waals surface area contributed by atoms with Gasteiger partial charge in [0.15, 0.2) is 5.71 Å². The number of hydrogen-bond donors (Lipinski definition) is 1. The summed E-state index contributed by atoms with van der Waals surface area (Å²) in [6.45, 7) is 0.202. The van der Waals surface area contributed by atoms with E-state index in [4.69, 9.17) is 0 Å². The van der Waals surface area contributed by atoms with Gasteiger partial charge < -0.3 is 5.32 Å². The SMILES string of the molecule is O=C(NCc1cccc(F)c1)C1=Nc2cccc3nnnc1c23. The van der Waals surface area contributed by atoms with Crippen molar-refractivity contribution >= 4 is 28.2 Å². The molecular formula is C16H10FN5O. The Hall–Kier alpha value is -3.22. The Bertz CT molecular complexity index is 964. The van der Waals surface area contributed by atoms with Crippen molar-refractivity contribution in [3.8, 4) is 0 Å². The van der Waals surface area contributed by atoms with Gasteiger partial charge in [-0.3, -0.25) is 4.79 Å². The lowest BCUT2D eigenvalue weighted by molar-refractivity contribution is -0.114. The molecule has 0 aliphatic carbocycles. The molecule has 112 valence electrons. The van der Waals surface area contributed by atoms with Crippen LogP contribution in [0.2, 0.25) is 0 Å². The van der Waals surface area contributed by atoms with Crippen molar-refractivity contribution in [3.63, 3.8) is 0 Å². The van der Waals surface area contributed by atoms with Crippen LogP contribution in [0.15, 0.2) is 47.5 Å². The normalized spacial score (nSPS) is 12.3. The molecular weight excluding hydrogens is 297 g/mol. The van der Waals surface area contributed by atoms with Crippen molar-refractivity contribution in [2.24, 2.45) is 4.99 Å². The molecule has 0 unspecified atom stereocenters. The van der Waals surface area contributed by atoms with Gasteiger partial charge >= 0.3 is 0 Å². The largest absolute Gasteiger partial charge is 0.347 e. The van der Waals surface area contributed by atoms with E-state index in [1.54, 1.807) is 30.3 Å². The predicted octanol–water partition coefficient (Wildman–Crippen LogP) is 1.91. The predicted molar refractivity (Wildman–Crippen MR) is 81.8 cm³/mol. The lowest BCUT2D eigenvalue weighted by atomic mass is 10.1. The average Bonchev–Trinajstić information content (AvgIpc) is 2.94. The minimum Gasteiger partial charge on any atom is -0.347 e. The third-order valence-electron chi connectivity index (χ3n) is 3.57. The fourth-order valence-electron chi connectivity index (χ4n) is 2.52. The number of benzene rings is 2. The number of nitrogens with zero attached hydrogens (tertiary/aromatic N) is 4. The van der Waals surface area contributed by atoms with Crippen molar-refractivity contribution < 1.29 is 9.18 Å². The lowest BCUT2D eigenvalue weighted by Crippen LogP contribution is -2.31. The molecule has 0 radical (unpaired) electrons. The zero-order chi connectivity index (χ0) is 15.8. The summed E-state index contributed by atoms with van der Waals surface area (Å²) in [7, 11) is 0. The third kappa shape index (κ3) is 2.32. The summed E-state index contributed by atoms with van der Waals surface area (Å²) in [5.41, 5.74) is 2.57. The molecule has 4 rings (SSSR count). The van der Waals surface area contributed by atoms with Crippen molar-refractivity contribution in [2.45, 2.75) is 6.54 Å². The first kappa shape index (κ1) is 13.4. The Morgan fingerprint density at radius 1 is 1.13 bits per heavy atom. The number of aromatic nitrogens is 3. The van der Waals surface area contributed by atoms with E-state index in [1.807, 2.05) is 0 Å². The quantitative estimate of drug-likeness (QED) is 0.801. The van der Waals surface area contributed by atoms with E-state index in [0.717, 1.165) is 5.39 Å². The van der Waals surface area contributed by atoms with Gasteiger partial charge in [0.05, 0.1) is 16.6 Å². The summed E-state index contributed by atoms with van der Waals surface area (Å²) >= 11 is 0. The fraction of sp³-hybridized carbons (Fsp3) is 0.0625. The Morgan fingerprint density at radius 3 is 2.87 bits per heavy atom. The molecule has 2 heterocycles. The molecule has 0 saturated heterocycles. The summed E-state index contributed by atoms with van der Waals surface area (Å²) in [5, 5.41) is 15.0. The lowest BCUT2D eigenvalue weighted by Gasteiger charge is -2.05. The highest BCUT2D eigenvalue weighted by Crippen LogP contribution is 2.32.